The molecular weight excluding hydrogens is 290 g/mol. The zero-order chi connectivity index (χ0) is 11.7. The highest BCUT2D eigenvalue weighted by Gasteiger charge is 2.17. The summed E-state index contributed by atoms with van der Waals surface area (Å²) in [6.07, 6.45) is 0. The summed E-state index contributed by atoms with van der Waals surface area (Å²) in [4.78, 5) is 11.1. The molecule has 0 radical (unpaired) electrons. The van der Waals surface area contributed by atoms with E-state index in [4.69, 9.17) is 10.8 Å². The first-order valence-corrected chi connectivity index (χ1v) is 6.13. The Bertz CT molecular complexity index is 551. The second kappa shape index (κ2) is 4.27. The molecule has 0 bridgehead atoms. The van der Waals surface area contributed by atoms with Crippen molar-refractivity contribution in [2.75, 3.05) is 5.73 Å². The van der Waals surface area contributed by atoms with E-state index >= 15 is 0 Å². The van der Waals surface area contributed by atoms with Gasteiger partial charge in [-0.2, -0.15) is 0 Å². The number of hydrogen-bond donors (Lipinski definition) is 2. The highest BCUT2D eigenvalue weighted by atomic mass is 79.9. The summed E-state index contributed by atoms with van der Waals surface area (Å²) in [7, 11) is 0. The van der Waals surface area contributed by atoms with E-state index in [0.717, 1.165) is 10.0 Å². The highest BCUT2D eigenvalue weighted by molar-refractivity contribution is 9.10. The van der Waals surface area contributed by atoms with Crippen LogP contribution in [0.2, 0.25) is 0 Å². The minimum atomic E-state index is -0.992. The Hall–Kier alpha value is -1.33. The van der Waals surface area contributed by atoms with Gasteiger partial charge in [0.25, 0.3) is 0 Å². The van der Waals surface area contributed by atoms with E-state index in [9.17, 15) is 4.79 Å². The molecule has 82 valence electrons. The maximum Gasteiger partial charge on any atom is 0.339 e. The monoisotopic (exact) mass is 297 g/mol. The van der Waals surface area contributed by atoms with Crippen LogP contribution in [-0.2, 0) is 0 Å². The third kappa shape index (κ3) is 1.96. The summed E-state index contributed by atoms with van der Waals surface area (Å²) in [5, 5.41) is 11.2. The SMILES string of the molecule is Nc1scc(-c2cccc(Br)c2)c1C(=O)O. The van der Waals surface area contributed by atoms with Gasteiger partial charge in [-0.25, -0.2) is 4.79 Å². The van der Waals surface area contributed by atoms with Crippen molar-refractivity contribution in [3.05, 3.63) is 39.7 Å². The molecule has 0 aliphatic heterocycles. The van der Waals surface area contributed by atoms with Gasteiger partial charge in [0, 0.05) is 15.4 Å². The van der Waals surface area contributed by atoms with Crippen LogP contribution in [0.1, 0.15) is 10.4 Å². The van der Waals surface area contributed by atoms with Crippen LogP contribution in [0.15, 0.2) is 34.1 Å². The molecule has 0 aliphatic rings. The molecule has 1 heterocycles. The third-order valence-corrected chi connectivity index (χ3v) is 3.47. The van der Waals surface area contributed by atoms with Crippen molar-refractivity contribution in [2.24, 2.45) is 0 Å². The minimum absolute atomic E-state index is 0.183. The van der Waals surface area contributed by atoms with Crippen molar-refractivity contribution in [1.29, 1.82) is 0 Å². The van der Waals surface area contributed by atoms with Gasteiger partial charge in [-0.1, -0.05) is 28.1 Å². The van der Waals surface area contributed by atoms with E-state index in [2.05, 4.69) is 15.9 Å². The first-order chi connectivity index (χ1) is 7.59. The van der Waals surface area contributed by atoms with Crippen molar-refractivity contribution in [2.45, 2.75) is 0 Å². The number of carbonyl (C=O) groups is 1. The van der Waals surface area contributed by atoms with Crippen molar-refractivity contribution in [1.82, 2.24) is 0 Å². The second-order valence-electron chi connectivity index (χ2n) is 3.20. The van der Waals surface area contributed by atoms with E-state index in [1.54, 1.807) is 5.38 Å². The van der Waals surface area contributed by atoms with Crippen LogP contribution in [0.4, 0.5) is 5.00 Å². The lowest BCUT2D eigenvalue weighted by Crippen LogP contribution is -2.00. The van der Waals surface area contributed by atoms with Crippen LogP contribution in [-0.4, -0.2) is 11.1 Å². The summed E-state index contributed by atoms with van der Waals surface area (Å²) >= 11 is 4.59. The molecule has 2 aromatic rings. The summed E-state index contributed by atoms with van der Waals surface area (Å²) < 4.78 is 0.908. The molecule has 0 spiro atoms. The van der Waals surface area contributed by atoms with E-state index in [1.807, 2.05) is 24.3 Å². The van der Waals surface area contributed by atoms with Crippen LogP contribution in [0.3, 0.4) is 0 Å². The smallest absolute Gasteiger partial charge is 0.339 e. The molecule has 0 atom stereocenters. The summed E-state index contributed by atoms with van der Waals surface area (Å²) in [6, 6.07) is 7.48. The normalized spacial score (nSPS) is 10.3. The van der Waals surface area contributed by atoms with Crippen LogP contribution >= 0.6 is 27.3 Å². The van der Waals surface area contributed by atoms with Gasteiger partial charge in [0.1, 0.15) is 10.6 Å². The lowest BCUT2D eigenvalue weighted by Gasteiger charge is -2.02. The van der Waals surface area contributed by atoms with Gasteiger partial charge in [0.05, 0.1) is 0 Å². The quantitative estimate of drug-likeness (QED) is 0.892. The second-order valence-corrected chi connectivity index (χ2v) is 5.03. The van der Waals surface area contributed by atoms with Crippen LogP contribution in [0.25, 0.3) is 11.1 Å². The zero-order valence-electron chi connectivity index (χ0n) is 8.11. The molecule has 1 aromatic heterocycles. The maximum atomic E-state index is 11.1. The van der Waals surface area contributed by atoms with Crippen molar-refractivity contribution >= 4 is 38.2 Å². The standard InChI is InChI=1S/C11H8BrNO2S/c12-7-3-1-2-6(4-7)8-5-16-10(13)9(8)11(14)15/h1-5H,13H2,(H,14,15). The molecule has 0 saturated carbocycles. The Kier molecular flexibility index (Phi) is 2.98. The summed E-state index contributed by atoms with van der Waals surface area (Å²) in [6.45, 7) is 0. The van der Waals surface area contributed by atoms with E-state index in [1.165, 1.54) is 11.3 Å². The van der Waals surface area contributed by atoms with Gasteiger partial charge in [-0.15, -0.1) is 11.3 Å². The Morgan fingerprint density at radius 1 is 1.44 bits per heavy atom. The van der Waals surface area contributed by atoms with Gasteiger partial charge >= 0.3 is 5.97 Å². The van der Waals surface area contributed by atoms with Gasteiger partial charge in [0.15, 0.2) is 0 Å². The molecular formula is C11H8BrNO2S. The van der Waals surface area contributed by atoms with Crippen LogP contribution < -0.4 is 5.73 Å². The van der Waals surface area contributed by atoms with Gasteiger partial charge in [-0.3, -0.25) is 0 Å². The number of anilines is 1. The molecule has 5 heteroatoms. The van der Waals surface area contributed by atoms with Crippen molar-refractivity contribution < 1.29 is 9.90 Å². The number of hydrogen-bond acceptors (Lipinski definition) is 3. The first-order valence-electron chi connectivity index (χ1n) is 4.46. The fourth-order valence-electron chi connectivity index (χ4n) is 1.46. The van der Waals surface area contributed by atoms with Crippen molar-refractivity contribution in [3.63, 3.8) is 0 Å². The molecule has 0 aliphatic carbocycles. The van der Waals surface area contributed by atoms with Crippen LogP contribution in [0, 0.1) is 0 Å². The third-order valence-electron chi connectivity index (χ3n) is 2.17. The lowest BCUT2D eigenvalue weighted by molar-refractivity contribution is 0.0699. The molecule has 0 fully saturated rings. The number of thiophene rings is 1. The minimum Gasteiger partial charge on any atom is -0.478 e. The molecule has 1 aromatic carbocycles. The van der Waals surface area contributed by atoms with Gasteiger partial charge in [0.2, 0.25) is 0 Å². The molecule has 3 nitrogen and oxygen atoms in total. The predicted molar refractivity (Wildman–Crippen MR) is 68.8 cm³/mol. The number of benzene rings is 1. The Morgan fingerprint density at radius 3 is 2.81 bits per heavy atom. The lowest BCUT2D eigenvalue weighted by atomic mass is 10.0. The van der Waals surface area contributed by atoms with Gasteiger partial charge < -0.3 is 10.8 Å². The molecule has 0 unspecified atom stereocenters. The van der Waals surface area contributed by atoms with Crippen LogP contribution in [0.5, 0.6) is 0 Å². The summed E-state index contributed by atoms with van der Waals surface area (Å²) in [5.41, 5.74) is 7.34. The highest BCUT2D eigenvalue weighted by Crippen LogP contribution is 2.34. The summed E-state index contributed by atoms with van der Waals surface area (Å²) in [5.74, 6) is -0.992. The molecule has 2 rings (SSSR count). The Labute approximate surface area is 105 Å². The molecule has 0 amide bonds. The number of nitrogens with two attached hydrogens (primary N) is 1. The molecule has 3 N–H and O–H groups in total. The number of carboxylic acids is 1. The molecule has 0 saturated heterocycles. The number of aromatic carboxylic acids is 1. The Morgan fingerprint density at radius 2 is 2.19 bits per heavy atom. The number of rotatable bonds is 2. The Balaban J connectivity index is 2.60. The largest absolute Gasteiger partial charge is 0.478 e. The van der Waals surface area contributed by atoms with Gasteiger partial charge in [-0.05, 0) is 17.7 Å². The average molecular weight is 298 g/mol. The predicted octanol–water partition coefficient (Wildman–Crippen LogP) is 3.46. The maximum absolute atomic E-state index is 11.1. The molecule has 16 heavy (non-hydrogen) atoms. The fraction of sp³-hybridized carbons (Fsp3) is 0. The van der Waals surface area contributed by atoms with Crippen molar-refractivity contribution in [3.8, 4) is 11.1 Å². The number of carboxylic acid groups (broad SMARTS) is 1. The van der Waals surface area contributed by atoms with E-state index in [-0.39, 0.29) is 5.56 Å². The number of halogens is 1. The topological polar surface area (TPSA) is 63.3 Å². The average Bonchev–Trinajstić information content (AvgIpc) is 2.60. The zero-order valence-corrected chi connectivity index (χ0v) is 10.5. The number of nitrogen functional groups attached to an aromatic ring is 1. The fourth-order valence-corrected chi connectivity index (χ4v) is 2.68. The first kappa shape index (κ1) is 11.2. The van der Waals surface area contributed by atoms with E-state index < -0.39 is 5.97 Å². The van der Waals surface area contributed by atoms with E-state index in [0.29, 0.717) is 10.6 Å².